The lowest BCUT2D eigenvalue weighted by atomic mass is 10.2. The Kier molecular flexibility index (Phi) is 2.23. The Hall–Kier alpha value is -1.09. The van der Waals surface area contributed by atoms with E-state index in [1.54, 1.807) is 18.3 Å². The number of ketones is 1. The van der Waals surface area contributed by atoms with E-state index < -0.39 is 0 Å². The number of carbonyl (C=O) groups is 1. The van der Waals surface area contributed by atoms with Crippen molar-refractivity contribution >= 4 is 23.4 Å². The van der Waals surface area contributed by atoms with Crippen molar-refractivity contribution in [3.63, 3.8) is 0 Å². The molecule has 0 atom stereocenters. The summed E-state index contributed by atoms with van der Waals surface area (Å²) in [6, 6.07) is 3.38. The van der Waals surface area contributed by atoms with Crippen LogP contribution in [0.15, 0.2) is 24.5 Å². The van der Waals surface area contributed by atoms with Gasteiger partial charge in [-0.25, -0.2) is 0 Å². The van der Waals surface area contributed by atoms with Crippen molar-refractivity contribution in [2.75, 3.05) is 0 Å². The predicted molar refractivity (Wildman–Crippen MR) is 42.2 cm³/mol. The smallest absolute Gasteiger partial charge is 0.198 e. The zero-order chi connectivity index (χ0) is 7.40. The molecule has 10 heavy (non-hydrogen) atoms. The number of rotatable bonds is 2. The number of nitrogens with zero attached hydrogens (tertiary/aromatic N) is 1. The van der Waals surface area contributed by atoms with E-state index in [0.717, 1.165) is 5.37 Å². The monoisotopic (exact) mass is 151 g/mol. The quantitative estimate of drug-likeness (QED) is 0.471. The maximum atomic E-state index is 10.8. The third kappa shape index (κ3) is 1.45. The van der Waals surface area contributed by atoms with Crippen molar-refractivity contribution in [3.05, 3.63) is 30.1 Å². The molecule has 0 unspecified atom stereocenters. The van der Waals surface area contributed by atoms with Gasteiger partial charge in [-0.2, -0.15) is 0 Å². The molecule has 1 heterocycles. The van der Waals surface area contributed by atoms with Crippen LogP contribution in [0.25, 0.3) is 0 Å². The molecule has 2 nitrogen and oxygen atoms in total. The summed E-state index contributed by atoms with van der Waals surface area (Å²) in [7, 11) is 0. The molecule has 0 saturated heterocycles. The molecule has 50 valence electrons. The molecule has 0 aliphatic rings. The number of thiocarbonyl (C=S) groups is 1. The molecule has 1 rings (SSSR count). The zero-order valence-electron chi connectivity index (χ0n) is 5.15. The summed E-state index contributed by atoms with van der Waals surface area (Å²) in [5.74, 6) is -0.164. The second-order valence-corrected chi connectivity index (χ2v) is 1.96. The highest BCUT2D eigenvalue weighted by molar-refractivity contribution is 7.80. The predicted octanol–water partition coefficient (Wildman–Crippen LogP) is 1.26. The summed E-state index contributed by atoms with van der Waals surface area (Å²) >= 11 is 4.45. The second-order valence-electron chi connectivity index (χ2n) is 1.72. The summed E-state index contributed by atoms with van der Waals surface area (Å²) in [6.07, 6.45) is 3.10. The van der Waals surface area contributed by atoms with E-state index in [1.807, 2.05) is 0 Å². The fourth-order valence-corrected chi connectivity index (χ4v) is 0.713. The number of aromatic nitrogens is 1. The van der Waals surface area contributed by atoms with Gasteiger partial charge in [-0.05, 0) is 12.1 Å². The van der Waals surface area contributed by atoms with Crippen molar-refractivity contribution in [1.29, 1.82) is 0 Å². The fourth-order valence-electron chi connectivity index (χ4n) is 0.577. The molecule has 0 fully saturated rings. The topological polar surface area (TPSA) is 30.0 Å². The van der Waals surface area contributed by atoms with Crippen LogP contribution in [0, 0.1) is 0 Å². The van der Waals surface area contributed by atoms with E-state index in [0.29, 0.717) is 5.56 Å². The van der Waals surface area contributed by atoms with Crippen LogP contribution in [0.4, 0.5) is 0 Å². The molecule has 0 spiro atoms. The Balaban J connectivity index is 2.95. The van der Waals surface area contributed by atoms with E-state index in [9.17, 15) is 4.79 Å². The molecule has 1 aromatic heterocycles. The Labute approximate surface area is 63.9 Å². The van der Waals surface area contributed by atoms with Crippen molar-refractivity contribution in [2.24, 2.45) is 0 Å². The molecule has 0 amide bonds. The van der Waals surface area contributed by atoms with Gasteiger partial charge in [0, 0.05) is 23.3 Å². The highest BCUT2D eigenvalue weighted by atomic mass is 32.1. The number of carbonyl (C=O) groups excluding carboxylic acids is 1. The van der Waals surface area contributed by atoms with Crippen molar-refractivity contribution in [2.45, 2.75) is 0 Å². The van der Waals surface area contributed by atoms with Gasteiger partial charge in [-0.1, -0.05) is 12.2 Å². The van der Waals surface area contributed by atoms with Crippen molar-refractivity contribution in [3.8, 4) is 0 Å². The highest BCUT2D eigenvalue weighted by Crippen LogP contribution is 1.94. The standard InChI is InChI=1S/C7H5NOS/c9-7(5-10)6-2-1-3-8-4-6/h1-5H. The van der Waals surface area contributed by atoms with Crippen LogP contribution in [0.3, 0.4) is 0 Å². The molecule has 0 bridgehead atoms. The van der Waals surface area contributed by atoms with Gasteiger partial charge in [0.05, 0.1) is 0 Å². The van der Waals surface area contributed by atoms with Gasteiger partial charge >= 0.3 is 0 Å². The Morgan fingerprint density at radius 2 is 2.50 bits per heavy atom. The van der Waals surface area contributed by atoms with E-state index in [2.05, 4.69) is 17.2 Å². The number of pyridine rings is 1. The molecule has 0 aromatic carbocycles. The minimum Gasteiger partial charge on any atom is -0.288 e. The van der Waals surface area contributed by atoms with Gasteiger partial charge in [0.1, 0.15) is 0 Å². The van der Waals surface area contributed by atoms with Gasteiger partial charge in [0.25, 0.3) is 0 Å². The molecule has 0 aliphatic carbocycles. The SMILES string of the molecule is O=C(C=S)c1cccnc1. The Morgan fingerprint density at radius 1 is 1.70 bits per heavy atom. The molecule has 0 aliphatic heterocycles. The molecular weight excluding hydrogens is 146 g/mol. The average molecular weight is 151 g/mol. The molecule has 3 heteroatoms. The summed E-state index contributed by atoms with van der Waals surface area (Å²) in [5.41, 5.74) is 0.539. The minimum atomic E-state index is -0.164. The number of hydrogen-bond acceptors (Lipinski definition) is 3. The third-order valence-electron chi connectivity index (χ3n) is 1.05. The third-order valence-corrected chi connectivity index (χ3v) is 1.27. The highest BCUT2D eigenvalue weighted by Gasteiger charge is 1.98. The normalized spacial score (nSPS) is 8.80. The molecular formula is C7H5NOS. The van der Waals surface area contributed by atoms with Crippen LogP contribution in [-0.4, -0.2) is 16.1 Å². The summed E-state index contributed by atoms with van der Waals surface area (Å²) < 4.78 is 0. The zero-order valence-corrected chi connectivity index (χ0v) is 5.97. The number of hydrogen-bond donors (Lipinski definition) is 0. The van der Waals surface area contributed by atoms with Gasteiger partial charge in [-0.15, -0.1) is 0 Å². The second kappa shape index (κ2) is 3.17. The number of Topliss-reactive ketones (excluding diaryl/α,β-unsaturated/α-hetero) is 1. The molecule has 1 aromatic rings. The lowest BCUT2D eigenvalue weighted by molar-refractivity contribution is 0.107. The van der Waals surface area contributed by atoms with Crippen LogP contribution in [0.2, 0.25) is 0 Å². The molecule has 0 saturated carbocycles. The Morgan fingerprint density at radius 3 is 3.00 bits per heavy atom. The summed E-state index contributed by atoms with van der Waals surface area (Å²) in [4.78, 5) is 14.6. The first-order valence-corrected chi connectivity index (χ1v) is 3.21. The van der Waals surface area contributed by atoms with Gasteiger partial charge < -0.3 is 0 Å². The first-order chi connectivity index (χ1) is 4.84. The van der Waals surface area contributed by atoms with Crippen molar-refractivity contribution < 1.29 is 4.79 Å². The lowest BCUT2D eigenvalue weighted by Crippen LogP contribution is -1.97. The summed E-state index contributed by atoms with van der Waals surface area (Å²) in [6.45, 7) is 0. The van der Waals surface area contributed by atoms with E-state index in [-0.39, 0.29) is 5.78 Å². The molecule has 0 radical (unpaired) electrons. The average Bonchev–Trinajstić information content (AvgIpc) is 2.05. The van der Waals surface area contributed by atoms with Gasteiger partial charge in [-0.3, -0.25) is 9.78 Å². The minimum absolute atomic E-state index is 0.164. The lowest BCUT2D eigenvalue weighted by Gasteiger charge is -1.89. The largest absolute Gasteiger partial charge is 0.288 e. The van der Waals surface area contributed by atoms with Gasteiger partial charge in [0.2, 0.25) is 0 Å². The summed E-state index contributed by atoms with van der Waals surface area (Å²) in [5, 5.41) is 1.11. The maximum absolute atomic E-state index is 10.8. The van der Waals surface area contributed by atoms with Crippen LogP contribution in [0.1, 0.15) is 10.4 Å². The van der Waals surface area contributed by atoms with E-state index in [4.69, 9.17) is 0 Å². The molecule has 0 N–H and O–H groups in total. The van der Waals surface area contributed by atoms with Crippen LogP contribution in [0.5, 0.6) is 0 Å². The first-order valence-electron chi connectivity index (χ1n) is 2.74. The van der Waals surface area contributed by atoms with Crippen LogP contribution in [-0.2, 0) is 0 Å². The first kappa shape index (κ1) is 7.02. The van der Waals surface area contributed by atoms with Crippen LogP contribution >= 0.6 is 12.2 Å². The fraction of sp³-hybridized carbons (Fsp3) is 0. The van der Waals surface area contributed by atoms with Gasteiger partial charge in [0.15, 0.2) is 5.78 Å². The maximum Gasteiger partial charge on any atom is 0.198 e. The van der Waals surface area contributed by atoms with Crippen molar-refractivity contribution in [1.82, 2.24) is 4.98 Å². The Bertz CT molecular complexity index is 245. The van der Waals surface area contributed by atoms with E-state index >= 15 is 0 Å². The van der Waals surface area contributed by atoms with E-state index in [1.165, 1.54) is 6.20 Å². The van der Waals surface area contributed by atoms with Crippen LogP contribution < -0.4 is 0 Å².